The lowest BCUT2D eigenvalue weighted by Gasteiger charge is -2.09. The van der Waals surface area contributed by atoms with E-state index in [4.69, 9.17) is 18.2 Å². The van der Waals surface area contributed by atoms with Crippen LogP contribution in [0.1, 0.15) is 17.0 Å². The van der Waals surface area contributed by atoms with E-state index in [2.05, 4.69) is 19.8 Å². The molecular formula is C21H15ClN6O. The van der Waals surface area contributed by atoms with Gasteiger partial charge in [-0.05, 0) is 11.6 Å². The highest BCUT2D eigenvalue weighted by Gasteiger charge is 2.07. The van der Waals surface area contributed by atoms with Crippen LogP contribution in [0, 0.1) is 6.57 Å². The van der Waals surface area contributed by atoms with Crippen LogP contribution in [-0.4, -0.2) is 24.1 Å². The van der Waals surface area contributed by atoms with E-state index in [0.29, 0.717) is 29.5 Å². The van der Waals surface area contributed by atoms with E-state index in [1.807, 2.05) is 35.0 Å². The molecule has 0 unspecified atom stereocenters. The Morgan fingerprint density at radius 3 is 2.59 bits per heavy atom. The van der Waals surface area contributed by atoms with Crippen LogP contribution >= 0.6 is 11.6 Å². The molecule has 0 fully saturated rings. The van der Waals surface area contributed by atoms with E-state index < -0.39 is 0 Å². The van der Waals surface area contributed by atoms with Crippen molar-refractivity contribution in [1.82, 2.24) is 24.1 Å². The first-order chi connectivity index (χ1) is 14.1. The largest absolute Gasteiger partial charge is 0.328 e. The monoisotopic (exact) mass is 402 g/mol. The summed E-state index contributed by atoms with van der Waals surface area (Å²) in [7, 11) is 0. The van der Waals surface area contributed by atoms with Crippen LogP contribution in [0.3, 0.4) is 0 Å². The molecule has 4 rings (SSSR count). The highest BCUT2D eigenvalue weighted by molar-refractivity contribution is 6.30. The Balaban J connectivity index is 1.51. The predicted molar refractivity (Wildman–Crippen MR) is 109 cm³/mol. The molecule has 3 aromatic heterocycles. The van der Waals surface area contributed by atoms with Crippen molar-refractivity contribution in [3.8, 4) is 5.82 Å². The van der Waals surface area contributed by atoms with E-state index in [1.54, 1.807) is 18.7 Å². The molecule has 0 spiro atoms. The second-order valence-corrected chi connectivity index (χ2v) is 6.83. The minimum atomic E-state index is -0.224. The zero-order valence-electron chi connectivity index (χ0n) is 15.2. The van der Waals surface area contributed by atoms with Gasteiger partial charge in [-0.15, -0.1) is 0 Å². The molecule has 0 bridgehead atoms. The fourth-order valence-electron chi connectivity index (χ4n) is 2.90. The van der Waals surface area contributed by atoms with Gasteiger partial charge in [-0.1, -0.05) is 35.9 Å². The SMILES string of the molecule is [C-]#[N+]c1ccc(Cc2cncn2Cc2cnc(-n3cc(Cl)ccc3=O)cn2)cc1. The number of rotatable bonds is 5. The lowest BCUT2D eigenvalue weighted by molar-refractivity contribution is 0.728. The molecular weight excluding hydrogens is 388 g/mol. The summed E-state index contributed by atoms with van der Waals surface area (Å²) in [6, 6.07) is 10.4. The molecule has 0 N–H and O–H groups in total. The Kier molecular flexibility index (Phi) is 5.18. The highest BCUT2D eigenvalue weighted by Crippen LogP contribution is 2.16. The average Bonchev–Trinajstić information content (AvgIpc) is 3.17. The molecule has 29 heavy (non-hydrogen) atoms. The van der Waals surface area contributed by atoms with Gasteiger partial charge >= 0.3 is 0 Å². The van der Waals surface area contributed by atoms with Gasteiger partial charge in [0.05, 0.1) is 42.6 Å². The number of halogens is 1. The predicted octanol–water partition coefficient (Wildman–Crippen LogP) is 3.67. The second kappa shape index (κ2) is 8.09. The van der Waals surface area contributed by atoms with Crippen LogP contribution in [0.4, 0.5) is 5.69 Å². The number of pyridine rings is 1. The number of imidazole rings is 1. The molecule has 0 saturated heterocycles. The van der Waals surface area contributed by atoms with Crippen LogP contribution in [0.2, 0.25) is 5.02 Å². The minimum Gasteiger partial charge on any atom is -0.328 e. The lowest BCUT2D eigenvalue weighted by atomic mass is 10.1. The Hall–Kier alpha value is -3.76. The number of aromatic nitrogens is 5. The van der Waals surface area contributed by atoms with Gasteiger partial charge in [0.1, 0.15) is 0 Å². The van der Waals surface area contributed by atoms with Gasteiger partial charge in [0, 0.05) is 30.6 Å². The van der Waals surface area contributed by atoms with E-state index in [0.717, 1.165) is 17.0 Å². The van der Waals surface area contributed by atoms with Crippen LogP contribution in [0.5, 0.6) is 0 Å². The summed E-state index contributed by atoms with van der Waals surface area (Å²) in [6.07, 6.45) is 8.96. The molecule has 7 nitrogen and oxygen atoms in total. The van der Waals surface area contributed by atoms with Gasteiger partial charge < -0.3 is 4.57 Å². The van der Waals surface area contributed by atoms with Crippen molar-refractivity contribution < 1.29 is 0 Å². The molecule has 0 saturated carbocycles. The molecule has 0 aliphatic heterocycles. The van der Waals surface area contributed by atoms with Gasteiger partial charge in [0.15, 0.2) is 11.5 Å². The zero-order chi connectivity index (χ0) is 20.2. The van der Waals surface area contributed by atoms with Crippen molar-refractivity contribution in [2.45, 2.75) is 13.0 Å². The Labute approximate surface area is 171 Å². The molecule has 0 amide bonds. The fourth-order valence-corrected chi connectivity index (χ4v) is 3.06. The zero-order valence-corrected chi connectivity index (χ0v) is 16.0. The third kappa shape index (κ3) is 4.23. The minimum absolute atomic E-state index is 0.224. The maximum absolute atomic E-state index is 12.0. The van der Waals surface area contributed by atoms with Gasteiger partial charge in [-0.2, -0.15) is 0 Å². The molecule has 0 aliphatic rings. The normalized spacial score (nSPS) is 10.6. The van der Waals surface area contributed by atoms with E-state index in [9.17, 15) is 4.79 Å². The molecule has 0 aliphatic carbocycles. The van der Waals surface area contributed by atoms with E-state index >= 15 is 0 Å². The first-order valence-corrected chi connectivity index (χ1v) is 9.15. The average molecular weight is 403 g/mol. The van der Waals surface area contributed by atoms with E-state index in [-0.39, 0.29) is 5.56 Å². The van der Waals surface area contributed by atoms with Crippen molar-refractivity contribution in [2.24, 2.45) is 0 Å². The van der Waals surface area contributed by atoms with Crippen LogP contribution in [0.15, 0.2) is 72.3 Å². The summed E-state index contributed by atoms with van der Waals surface area (Å²) in [6.45, 7) is 7.54. The summed E-state index contributed by atoms with van der Waals surface area (Å²) in [5.74, 6) is 0.409. The summed E-state index contributed by atoms with van der Waals surface area (Å²) in [5, 5.41) is 0.447. The van der Waals surface area contributed by atoms with Gasteiger partial charge in [0.2, 0.25) is 0 Å². The topological polar surface area (TPSA) is 70.0 Å². The quantitative estimate of drug-likeness (QED) is 0.477. The van der Waals surface area contributed by atoms with Crippen molar-refractivity contribution in [1.29, 1.82) is 0 Å². The first-order valence-electron chi connectivity index (χ1n) is 8.77. The number of hydrogen-bond donors (Lipinski definition) is 0. The molecule has 3 heterocycles. The van der Waals surface area contributed by atoms with Crippen LogP contribution in [-0.2, 0) is 13.0 Å². The van der Waals surface area contributed by atoms with E-state index in [1.165, 1.54) is 22.9 Å². The van der Waals surface area contributed by atoms with Gasteiger partial charge in [-0.25, -0.2) is 14.8 Å². The van der Waals surface area contributed by atoms with Crippen molar-refractivity contribution >= 4 is 17.3 Å². The molecule has 1 aromatic carbocycles. The van der Waals surface area contributed by atoms with Crippen molar-refractivity contribution in [3.63, 3.8) is 0 Å². The summed E-state index contributed by atoms with van der Waals surface area (Å²) in [5.41, 5.74) is 3.26. The summed E-state index contributed by atoms with van der Waals surface area (Å²) < 4.78 is 3.35. The van der Waals surface area contributed by atoms with Crippen molar-refractivity contribution in [2.75, 3.05) is 0 Å². The maximum atomic E-state index is 12.0. The number of hydrogen-bond acceptors (Lipinski definition) is 4. The molecule has 142 valence electrons. The first kappa shape index (κ1) is 18.6. The molecule has 8 heteroatoms. The Bertz CT molecular complexity index is 1240. The molecule has 4 aromatic rings. The maximum Gasteiger partial charge on any atom is 0.256 e. The lowest BCUT2D eigenvalue weighted by Crippen LogP contribution is -2.17. The standard InChI is InChI=1S/C21H15ClN6O/c1-23-17-5-2-15(3-6-17)8-19-10-24-14-27(19)13-18-9-26-20(11-25-18)28-12-16(22)4-7-21(28)29/h2-7,9-12,14H,8,13H2. The second-order valence-electron chi connectivity index (χ2n) is 6.39. The Morgan fingerprint density at radius 2 is 1.86 bits per heavy atom. The number of benzene rings is 1. The van der Waals surface area contributed by atoms with Gasteiger partial charge in [-0.3, -0.25) is 14.3 Å². The smallest absolute Gasteiger partial charge is 0.256 e. The van der Waals surface area contributed by atoms with Crippen molar-refractivity contribution in [3.05, 3.63) is 111 Å². The van der Waals surface area contributed by atoms with Crippen LogP contribution < -0.4 is 5.56 Å². The van der Waals surface area contributed by atoms with Gasteiger partial charge in [0.25, 0.3) is 5.56 Å². The molecule has 0 atom stereocenters. The van der Waals surface area contributed by atoms with Crippen LogP contribution in [0.25, 0.3) is 10.7 Å². The summed E-state index contributed by atoms with van der Waals surface area (Å²) >= 11 is 5.96. The fraction of sp³-hybridized carbons (Fsp3) is 0.0952. The molecule has 0 radical (unpaired) electrons. The highest BCUT2D eigenvalue weighted by atomic mass is 35.5. The number of nitrogens with zero attached hydrogens (tertiary/aromatic N) is 6. The third-order valence-corrected chi connectivity index (χ3v) is 4.62. The third-order valence-electron chi connectivity index (χ3n) is 4.40. The Morgan fingerprint density at radius 1 is 1.03 bits per heavy atom. The summed E-state index contributed by atoms with van der Waals surface area (Å²) in [4.78, 5) is 28.4.